The number of nitro benzene ring substituents is 1. The number of hydrogen-bond donors (Lipinski definition) is 2. The second-order valence-electron chi connectivity index (χ2n) is 4.01. The lowest BCUT2D eigenvalue weighted by molar-refractivity contribution is -0.383. The van der Waals surface area contributed by atoms with Crippen LogP contribution < -0.4 is 5.32 Å². The lowest BCUT2D eigenvalue weighted by atomic mass is 10.1. The zero-order valence-electron chi connectivity index (χ0n) is 10.3. The van der Waals surface area contributed by atoms with Crippen molar-refractivity contribution in [1.82, 2.24) is 0 Å². The fourth-order valence-corrected chi connectivity index (χ4v) is 2.26. The number of nitrogens with zero attached hydrogens (tertiary/aromatic N) is 1. The number of carboxylic acids is 1. The number of halogens is 2. The molecule has 21 heavy (non-hydrogen) atoms. The Kier molecular flexibility index (Phi) is 4.44. The van der Waals surface area contributed by atoms with E-state index in [1.165, 1.54) is 18.2 Å². The van der Waals surface area contributed by atoms with E-state index in [9.17, 15) is 14.9 Å². The second-order valence-corrected chi connectivity index (χ2v) is 5.33. The van der Waals surface area contributed by atoms with Crippen LogP contribution >= 0.6 is 27.5 Å². The molecule has 8 heteroatoms. The molecule has 0 amide bonds. The Morgan fingerprint density at radius 3 is 2.67 bits per heavy atom. The smallest absolute Gasteiger partial charge is 0.338 e. The molecular formula is C13H8BrClN2O4. The van der Waals surface area contributed by atoms with Crippen molar-refractivity contribution in [1.29, 1.82) is 0 Å². The van der Waals surface area contributed by atoms with Crippen molar-refractivity contribution >= 4 is 50.6 Å². The number of nitrogens with one attached hydrogen (secondary N) is 1. The number of nitro groups is 1. The number of rotatable bonds is 4. The van der Waals surface area contributed by atoms with Gasteiger partial charge >= 0.3 is 5.97 Å². The number of hydrogen-bond acceptors (Lipinski definition) is 4. The van der Waals surface area contributed by atoms with Gasteiger partial charge in [-0.25, -0.2) is 4.79 Å². The highest BCUT2D eigenvalue weighted by atomic mass is 79.9. The van der Waals surface area contributed by atoms with Crippen LogP contribution in [0.3, 0.4) is 0 Å². The molecule has 0 atom stereocenters. The molecule has 0 aromatic heterocycles. The predicted octanol–water partition coefficient (Wildman–Crippen LogP) is 4.45. The SMILES string of the molecule is O=C(O)c1cccc([N+](=O)[O-])c1Nc1cc(Br)ccc1Cl. The summed E-state index contributed by atoms with van der Waals surface area (Å²) < 4.78 is 0.699. The molecule has 0 bridgehead atoms. The van der Waals surface area contributed by atoms with E-state index in [0.717, 1.165) is 0 Å². The highest BCUT2D eigenvalue weighted by Gasteiger charge is 2.22. The largest absolute Gasteiger partial charge is 0.478 e. The van der Waals surface area contributed by atoms with E-state index < -0.39 is 10.9 Å². The van der Waals surface area contributed by atoms with Gasteiger partial charge in [-0.15, -0.1) is 0 Å². The van der Waals surface area contributed by atoms with E-state index in [1.54, 1.807) is 18.2 Å². The minimum Gasteiger partial charge on any atom is -0.478 e. The van der Waals surface area contributed by atoms with Crippen LogP contribution in [0.1, 0.15) is 10.4 Å². The third-order valence-electron chi connectivity index (χ3n) is 2.66. The molecule has 0 heterocycles. The topological polar surface area (TPSA) is 92.5 Å². The average molecular weight is 372 g/mol. The maximum atomic E-state index is 11.2. The minimum absolute atomic E-state index is 0.116. The highest BCUT2D eigenvalue weighted by molar-refractivity contribution is 9.10. The highest BCUT2D eigenvalue weighted by Crippen LogP contribution is 2.35. The zero-order valence-corrected chi connectivity index (χ0v) is 12.7. The summed E-state index contributed by atoms with van der Waals surface area (Å²) in [7, 11) is 0. The summed E-state index contributed by atoms with van der Waals surface area (Å²) in [6.07, 6.45) is 0. The van der Waals surface area contributed by atoms with Crippen LogP contribution in [0, 0.1) is 10.1 Å². The molecule has 0 saturated carbocycles. The van der Waals surface area contributed by atoms with Crippen LogP contribution in [0.2, 0.25) is 5.02 Å². The lowest BCUT2D eigenvalue weighted by Crippen LogP contribution is -2.06. The Hall–Kier alpha value is -2.12. The van der Waals surface area contributed by atoms with Gasteiger partial charge in [-0.1, -0.05) is 33.6 Å². The van der Waals surface area contributed by atoms with E-state index in [4.69, 9.17) is 16.7 Å². The molecule has 0 radical (unpaired) electrons. The second kappa shape index (κ2) is 6.11. The number of para-hydroxylation sites is 1. The van der Waals surface area contributed by atoms with E-state index >= 15 is 0 Å². The standard InChI is InChI=1S/C13H8BrClN2O4/c14-7-4-5-9(15)10(6-7)16-12-8(13(18)19)2-1-3-11(12)17(20)21/h1-6,16H,(H,18,19). The van der Waals surface area contributed by atoms with Crippen LogP contribution in [0.15, 0.2) is 40.9 Å². The molecule has 0 saturated heterocycles. The molecule has 2 rings (SSSR count). The third kappa shape index (κ3) is 3.32. The Morgan fingerprint density at radius 1 is 1.33 bits per heavy atom. The summed E-state index contributed by atoms with van der Waals surface area (Å²) in [5, 5.41) is 23.3. The van der Waals surface area contributed by atoms with E-state index in [1.807, 2.05) is 0 Å². The molecule has 2 aromatic rings. The van der Waals surface area contributed by atoms with Gasteiger partial charge in [0.25, 0.3) is 5.69 Å². The maximum Gasteiger partial charge on any atom is 0.338 e. The molecule has 2 aromatic carbocycles. The predicted molar refractivity (Wildman–Crippen MR) is 82.5 cm³/mol. The molecule has 0 spiro atoms. The Balaban J connectivity index is 2.59. The van der Waals surface area contributed by atoms with Crippen LogP contribution in [0.5, 0.6) is 0 Å². The van der Waals surface area contributed by atoms with Gasteiger partial charge in [0.1, 0.15) is 5.69 Å². The average Bonchev–Trinajstić information content (AvgIpc) is 2.42. The van der Waals surface area contributed by atoms with Crippen LogP contribution in [0.4, 0.5) is 17.1 Å². The zero-order chi connectivity index (χ0) is 15.6. The number of carboxylic acid groups (broad SMARTS) is 1. The van der Waals surface area contributed by atoms with Crippen LogP contribution in [0.25, 0.3) is 0 Å². The van der Waals surface area contributed by atoms with E-state index in [2.05, 4.69) is 21.2 Å². The minimum atomic E-state index is -1.27. The van der Waals surface area contributed by atoms with Crippen molar-refractivity contribution in [3.63, 3.8) is 0 Å². The van der Waals surface area contributed by atoms with Crippen molar-refractivity contribution in [2.45, 2.75) is 0 Å². The van der Waals surface area contributed by atoms with Gasteiger partial charge in [0, 0.05) is 10.5 Å². The number of benzene rings is 2. The lowest BCUT2D eigenvalue weighted by Gasteiger charge is -2.11. The molecule has 0 aliphatic carbocycles. The summed E-state index contributed by atoms with van der Waals surface area (Å²) in [4.78, 5) is 21.7. The van der Waals surface area contributed by atoms with Gasteiger partial charge < -0.3 is 10.4 Å². The number of anilines is 2. The van der Waals surface area contributed by atoms with Crippen molar-refractivity contribution in [2.24, 2.45) is 0 Å². The fraction of sp³-hybridized carbons (Fsp3) is 0. The Morgan fingerprint density at radius 2 is 2.05 bits per heavy atom. The molecule has 0 fully saturated rings. The monoisotopic (exact) mass is 370 g/mol. The molecule has 0 unspecified atom stereocenters. The van der Waals surface area contributed by atoms with E-state index in [0.29, 0.717) is 15.2 Å². The summed E-state index contributed by atoms with van der Waals surface area (Å²) in [6.45, 7) is 0. The van der Waals surface area contributed by atoms with Crippen molar-refractivity contribution in [3.05, 3.63) is 61.6 Å². The van der Waals surface area contributed by atoms with Gasteiger partial charge in [0.05, 0.1) is 21.2 Å². The number of aromatic carboxylic acids is 1. The van der Waals surface area contributed by atoms with Gasteiger partial charge in [-0.2, -0.15) is 0 Å². The third-order valence-corrected chi connectivity index (χ3v) is 3.48. The van der Waals surface area contributed by atoms with Crippen LogP contribution in [-0.4, -0.2) is 16.0 Å². The summed E-state index contributed by atoms with van der Waals surface area (Å²) >= 11 is 9.27. The first-order chi connectivity index (χ1) is 9.90. The van der Waals surface area contributed by atoms with Gasteiger partial charge in [0.2, 0.25) is 0 Å². The molecule has 0 aliphatic rings. The van der Waals surface area contributed by atoms with Gasteiger partial charge in [-0.05, 0) is 24.3 Å². The van der Waals surface area contributed by atoms with Crippen molar-refractivity contribution < 1.29 is 14.8 Å². The number of carbonyl (C=O) groups is 1. The van der Waals surface area contributed by atoms with Gasteiger partial charge in [0.15, 0.2) is 0 Å². The molecule has 6 nitrogen and oxygen atoms in total. The first-order valence-corrected chi connectivity index (χ1v) is 6.80. The molecule has 108 valence electrons. The first-order valence-electron chi connectivity index (χ1n) is 5.63. The molecular weight excluding hydrogens is 364 g/mol. The first kappa shape index (κ1) is 15.3. The molecule has 2 N–H and O–H groups in total. The summed E-state index contributed by atoms with van der Waals surface area (Å²) in [6, 6.07) is 8.71. The Labute approximate surface area is 132 Å². The maximum absolute atomic E-state index is 11.2. The Bertz CT molecular complexity index is 704. The van der Waals surface area contributed by atoms with Crippen molar-refractivity contribution in [3.8, 4) is 0 Å². The normalized spacial score (nSPS) is 10.2. The summed E-state index contributed by atoms with van der Waals surface area (Å²) in [5.41, 5.74) is -0.302. The fourth-order valence-electron chi connectivity index (χ4n) is 1.73. The molecule has 0 aliphatic heterocycles. The van der Waals surface area contributed by atoms with E-state index in [-0.39, 0.29) is 16.9 Å². The van der Waals surface area contributed by atoms with Crippen LogP contribution in [-0.2, 0) is 0 Å². The quantitative estimate of drug-likeness (QED) is 0.612. The van der Waals surface area contributed by atoms with Crippen molar-refractivity contribution in [2.75, 3.05) is 5.32 Å². The summed E-state index contributed by atoms with van der Waals surface area (Å²) in [5.74, 6) is -1.27. The van der Waals surface area contributed by atoms with Gasteiger partial charge in [-0.3, -0.25) is 10.1 Å².